The van der Waals surface area contributed by atoms with E-state index < -0.39 is 11.5 Å². The second-order valence-electron chi connectivity index (χ2n) is 9.12. The number of carbonyl (C=O) groups is 1. The van der Waals surface area contributed by atoms with Gasteiger partial charge in [0.1, 0.15) is 0 Å². The maximum Gasteiger partial charge on any atom is 0.239 e. The van der Waals surface area contributed by atoms with Crippen molar-refractivity contribution < 1.29 is 4.79 Å². The highest BCUT2D eigenvalue weighted by atomic mass is 16.2. The number of benzene rings is 1. The van der Waals surface area contributed by atoms with Gasteiger partial charge in [-0.1, -0.05) is 38.1 Å². The van der Waals surface area contributed by atoms with E-state index in [0.29, 0.717) is 5.92 Å². The minimum atomic E-state index is -0.850. The Morgan fingerprint density at radius 3 is 2.44 bits per heavy atom. The number of rotatable bonds is 4. The number of nitrogens with zero attached hydrogens (tertiary/aromatic N) is 4. The third kappa shape index (κ3) is 3.57. The van der Waals surface area contributed by atoms with Crippen LogP contribution in [-0.2, 0) is 17.4 Å². The molecule has 7 heteroatoms. The van der Waals surface area contributed by atoms with Gasteiger partial charge in [0.2, 0.25) is 5.91 Å². The maximum absolute atomic E-state index is 13.5. The predicted octanol–water partition coefficient (Wildman–Crippen LogP) is 3.91. The molecule has 0 radical (unpaired) electrons. The van der Waals surface area contributed by atoms with Crippen LogP contribution in [-0.4, -0.2) is 38.6 Å². The van der Waals surface area contributed by atoms with Crippen LogP contribution >= 0.6 is 0 Å². The van der Waals surface area contributed by atoms with Crippen molar-refractivity contribution in [2.75, 3.05) is 7.05 Å². The smallest absolute Gasteiger partial charge is 0.239 e. The van der Waals surface area contributed by atoms with Gasteiger partial charge in [0, 0.05) is 32.1 Å². The molecule has 2 atom stereocenters. The minimum absolute atomic E-state index is 0.0764. The molecule has 2 N–H and O–H groups in total. The van der Waals surface area contributed by atoms with Crippen molar-refractivity contribution in [3.8, 4) is 11.3 Å². The SMILES string of the molecule is Cc1cncc(-c2cc([C@@]3(C)NC(=N)N(C)C(=O)C3c3ccc(C(C)C)cc3)n(C)n2)c1. The van der Waals surface area contributed by atoms with E-state index in [1.54, 1.807) is 17.9 Å². The van der Waals surface area contributed by atoms with Gasteiger partial charge in [-0.05, 0) is 48.6 Å². The number of likely N-dealkylation sites (N-methyl/N-ethyl adjacent to an activating group) is 1. The van der Waals surface area contributed by atoms with Crippen LogP contribution < -0.4 is 5.32 Å². The lowest BCUT2D eigenvalue weighted by Crippen LogP contribution is -2.63. The average Bonchev–Trinajstić information content (AvgIpc) is 3.15. The van der Waals surface area contributed by atoms with Gasteiger partial charge in [-0.15, -0.1) is 0 Å². The zero-order chi connectivity index (χ0) is 23.2. The molecule has 1 saturated heterocycles. The van der Waals surface area contributed by atoms with Crippen molar-refractivity contribution in [3.63, 3.8) is 0 Å². The van der Waals surface area contributed by atoms with Gasteiger partial charge in [0.05, 0.1) is 22.8 Å². The van der Waals surface area contributed by atoms with E-state index in [-0.39, 0.29) is 11.9 Å². The quantitative estimate of drug-likeness (QED) is 0.657. The Kier molecular flexibility index (Phi) is 5.36. The summed E-state index contributed by atoms with van der Waals surface area (Å²) in [5.41, 5.74) is 4.88. The Morgan fingerprint density at radius 1 is 1.12 bits per heavy atom. The number of guanidine groups is 1. The molecule has 7 nitrogen and oxygen atoms in total. The third-order valence-electron chi connectivity index (χ3n) is 6.39. The highest BCUT2D eigenvalue weighted by molar-refractivity contribution is 6.02. The number of hydrogen-bond donors (Lipinski definition) is 2. The van der Waals surface area contributed by atoms with Gasteiger partial charge < -0.3 is 5.32 Å². The first-order chi connectivity index (χ1) is 15.1. The Morgan fingerprint density at radius 2 is 1.81 bits per heavy atom. The summed E-state index contributed by atoms with van der Waals surface area (Å²) < 4.78 is 1.80. The largest absolute Gasteiger partial charge is 0.344 e. The van der Waals surface area contributed by atoms with Crippen molar-refractivity contribution >= 4 is 11.9 Å². The van der Waals surface area contributed by atoms with Gasteiger partial charge in [-0.25, -0.2) is 0 Å². The zero-order valence-corrected chi connectivity index (χ0v) is 19.5. The number of hydrogen-bond acceptors (Lipinski definition) is 4. The molecule has 1 aliphatic rings. The number of carbonyl (C=O) groups excluding carboxylic acids is 1. The van der Waals surface area contributed by atoms with E-state index in [1.165, 1.54) is 10.5 Å². The summed E-state index contributed by atoms with van der Waals surface area (Å²) in [7, 11) is 3.51. The number of pyridine rings is 1. The van der Waals surface area contributed by atoms with Crippen LogP contribution in [0.4, 0.5) is 0 Å². The molecule has 1 unspecified atom stereocenters. The molecule has 3 aromatic rings. The lowest BCUT2D eigenvalue weighted by atomic mass is 9.75. The summed E-state index contributed by atoms with van der Waals surface area (Å²) in [4.78, 5) is 19.2. The summed E-state index contributed by atoms with van der Waals surface area (Å²) in [5.74, 6) is -0.142. The van der Waals surface area contributed by atoms with Crippen molar-refractivity contribution in [2.45, 2.75) is 45.1 Å². The summed E-state index contributed by atoms with van der Waals surface area (Å²) in [6.07, 6.45) is 3.60. The molecule has 4 rings (SSSR count). The van der Waals surface area contributed by atoms with Crippen LogP contribution in [0, 0.1) is 12.3 Å². The molecule has 1 fully saturated rings. The van der Waals surface area contributed by atoms with Crippen molar-refractivity contribution in [1.82, 2.24) is 25.0 Å². The number of amides is 1. The molecule has 0 bridgehead atoms. The first-order valence-corrected chi connectivity index (χ1v) is 10.8. The highest BCUT2D eigenvalue weighted by Gasteiger charge is 2.50. The fourth-order valence-electron chi connectivity index (χ4n) is 4.50. The predicted molar refractivity (Wildman–Crippen MR) is 125 cm³/mol. The molecule has 1 aromatic carbocycles. The second kappa shape index (κ2) is 7.89. The van der Waals surface area contributed by atoms with Crippen LogP contribution in [0.3, 0.4) is 0 Å². The minimum Gasteiger partial charge on any atom is -0.344 e. The van der Waals surface area contributed by atoms with E-state index >= 15 is 0 Å². The highest BCUT2D eigenvalue weighted by Crippen LogP contribution is 2.41. The molecule has 3 heterocycles. The molecule has 0 aliphatic carbocycles. The van der Waals surface area contributed by atoms with Crippen LogP contribution in [0.25, 0.3) is 11.3 Å². The van der Waals surface area contributed by atoms with Crippen molar-refractivity contribution in [3.05, 3.63) is 71.2 Å². The summed E-state index contributed by atoms with van der Waals surface area (Å²) in [5, 5.41) is 16.4. The van der Waals surface area contributed by atoms with Crippen LogP contribution in [0.5, 0.6) is 0 Å². The first-order valence-electron chi connectivity index (χ1n) is 10.8. The lowest BCUT2D eigenvalue weighted by molar-refractivity contribution is -0.131. The van der Waals surface area contributed by atoms with Gasteiger partial charge in [-0.2, -0.15) is 5.10 Å². The van der Waals surface area contributed by atoms with Gasteiger partial charge in [0.15, 0.2) is 5.96 Å². The normalized spacial score (nSPS) is 21.2. The number of aryl methyl sites for hydroxylation is 2. The van der Waals surface area contributed by atoms with Crippen molar-refractivity contribution in [1.29, 1.82) is 5.41 Å². The number of aromatic nitrogens is 3. The molecule has 0 spiro atoms. The first kappa shape index (κ1) is 21.7. The lowest BCUT2D eigenvalue weighted by Gasteiger charge is -2.45. The molecule has 0 saturated carbocycles. The molecule has 166 valence electrons. The van der Waals surface area contributed by atoms with E-state index in [2.05, 4.69) is 36.3 Å². The van der Waals surface area contributed by atoms with Crippen LogP contribution in [0.1, 0.15) is 55.0 Å². The van der Waals surface area contributed by atoms with Gasteiger partial charge in [-0.3, -0.25) is 24.8 Å². The van der Waals surface area contributed by atoms with Gasteiger partial charge >= 0.3 is 0 Å². The molecule has 32 heavy (non-hydrogen) atoms. The second-order valence-corrected chi connectivity index (χ2v) is 9.12. The van der Waals surface area contributed by atoms with Crippen LogP contribution in [0.2, 0.25) is 0 Å². The fraction of sp³-hybridized carbons (Fsp3) is 0.360. The summed E-state index contributed by atoms with van der Waals surface area (Å²) in [6.45, 7) is 8.28. The van der Waals surface area contributed by atoms with Gasteiger partial charge in [0.25, 0.3) is 0 Å². The average molecular weight is 431 g/mol. The topological polar surface area (TPSA) is 86.9 Å². The van der Waals surface area contributed by atoms with E-state index in [9.17, 15) is 4.79 Å². The molecule has 2 aromatic heterocycles. The third-order valence-corrected chi connectivity index (χ3v) is 6.39. The van der Waals surface area contributed by atoms with E-state index in [4.69, 9.17) is 10.5 Å². The monoisotopic (exact) mass is 430 g/mol. The van der Waals surface area contributed by atoms with Crippen LogP contribution in [0.15, 0.2) is 48.8 Å². The Bertz CT molecular complexity index is 1180. The van der Waals surface area contributed by atoms with E-state index in [0.717, 1.165) is 28.1 Å². The molecular formula is C25H30N6O. The molecular weight excluding hydrogens is 400 g/mol. The molecule has 1 aliphatic heterocycles. The Labute approximate surface area is 189 Å². The van der Waals surface area contributed by atoms with Crippen molar-refractivity contribution in [2.24, 2.45) is 7.05 Å². The summed E-state index contributed by atoms with van der Waals surface area (Å²) in [6, 6.07) is 12.3. The fourth-order valence-corrected chi connectivity index (χ4v) is 4.50. The zero-order valence-electron chi connectivity index (χ0n) is 19.5. The number of nitrogens with one attached hydrogen (secondary N) is 2. The Balaban J connectivity index is 1.84. The molecule has 1 amide bonds. The summed E-state index contributed by atoms with van der Waals surface area (Å²) >= 11 is 0. The van der Waals surface area contributed by atoms with E-state index in [1.807, 2.05) is 51.4 Å². The standard InChI is InChI=1S/C25H30N6O/c1-15(2)17-7-9-18(10-8-17)22-23(32)30(5)24(26)28-25(22,4)21-12-20(29-31(21)6)19-11-16(3)13-27-14-19/h7-15,22H,1-6H3,(H2,26,28)/t22?,25-/m1/s1. The maximum atomic E-state index is 13.5. The Hall–Kier alpha value is -3.48.